The van der Waals surface area contributed by atoms with Crippen molar-refractivity contribution in [3.63, 3.8) is 0 Å². The van der Waals surface area contributed by atoms with Crippen LogP contribution in [0.4, 0.5) is 5.69 Å². The Bertz CT molecular complexity index is 648. The Hall–Kier alpha value is -1.03. The molecule has 1 aromatic rings. The number of hydrogen-bond donors (Lipinski definition) is 1. The summed E-state index contributed by atoms with van der Waals surface area (Å²) in [6, 6.07) is 7.15. The number of alkyl halides is 1. The average Bonchev–Trinajstić information content (AvgIpc) is 2.63. The van der Waals surface area contributed by atoms with Crippen molar-refractivity contribution >= 4 is 31.6 Å². The second-order valence-corrected chi connectivity index (χ2v) is 8.75. The molecule has 0 aliphatic carbocycles. The smallest absolute Gasteiger partial charge is 0.232 e. The van der Waals surface area contributed by atoms with Crippen LogP contribution in [0.15, 0.2) is 24.3 Å². The van der Waals surface area contributed by atoms with Crippen LogP contribution in [0.3, 0.4) is 0 Å². The highest BCUT2D eigenvalue weighted by molar-refractivity contribution is 9.09. The highest BCUT2D eigenvalue weighted by atomic mass is 79.9. The lowest BCUT2D eigenvalue weighted by Gasteiger charge is -2.07. The van der Waals surface area contributed by atoms with Gasteiger partial charge in [-0.3, -0.25) is 4.72 Å². The number of ether oxygens (including phenoxy) is 1. The van der Waals surface area contributed by atoms with Gasteiger partial charge in [-0.25, -0.2) is 8.42 Å². The lowest BCUT2D eigenvalue weighted by Crippen LogP contribution is -2.16. The first-order valence-electron chi connectivity index (χ1n) is 9.30. The quantitative estimate of drug-likeness (QED) is 0.266. The molecule has 0 bridgehead atoms. The van der Waals surface area contributed by atoms with E-state index in [-0.39, 0.29) is 5.75 Å². The first-order chi connectivity index (χ1) is 12.6. The summed E-state index contributed by atoms with van der Waals surface area (Å²) in [6.07, 6.45) is 7.02. The fourth-order valence-electron chi connectivity index (χ4n) is 2.23. The zero-order valence-electron chi connectivity index (χ0n) is 15.6. The third kappa shape index (κ3) is 11.6. The van der Waals surface area contributed by atoms with Gasteiger partial charge in [-0.1, -0.05) is 54.0 Å². The summed E-state index contributed by atoms with van der Waals surface area (Å²) in [5.74, 6) is 6.32. The maximum atomic E-state index is 11.9. The normalized spacial score (nSPS) is 11.0. The third-order valence-electron chi connectivity index (χ3n) is 3.70. The van der Waals surface area contributed by atoms with Gasteiger partial charge in [0, 0.05) is 29.6 Å². The number of sulfonamides is 1. The largest absolute Gasteiger partial charge is 0.380 e. The summed E-state index contributed by atoms with van der Waals surface area (Å²) >= 11 is 3.43. The minimum atomic E-state index is -3.25. The molecule has 0 heterocycles. The van der Waals surface area contributed by atoms with Gasteiger partial charge < -0.3 is 4.74 Å². The molecule has 0 unspecified atom stereocenters. The molecule has 0 saturated heterocycles. The molecule has 0 fully saturated rings. The molecule has 1 N–H and O–H groups in total. The lowest BCUT2D eigenvalue weighted by atomic mass is 10.2. The molecular formula is C20H30BrNO3S. The third-order valence-corrected chi connectivity index (χ3v) is 5.63. The standard InChI is InChI=1S/C20H30BrNO3S/c1-2-3-18-26(23,24)22-20-13-11-19(12-14-20)10-6-9-17-25-16-8-5-4-7-15-21/h11-14,22H,2-5,7-9,15-18H2,1H3. The van der Waals surface area contributed by atoms with Crippen molar-refractivity contribution in [1.82, 2.24) is 0 Å². The highest BCUT2D eigenvalue weighted by Crippen LogP contribution is 2.11. The Morgan fingerprint density at radius 1 is 1.04 bits per heavy atom. The zero-order chi connectivity index (χ0) is 19.1. The fraction of sp³-hybridized carbons (Fsp3) is 0.600. The van der Waals surface area contributed by atoms with Crippen LogP contribution in [0, 0.1) is 11.8 Å². The zero-order valence-corrected chi connectivity index (χ0v) is 18.0. The van der Waals surface area contributed by atoms with E-state index in [0.717, 1.165) is 30.3 Å². The van der Waals surface area contributed by atoms with Gasteiger partial charge in [0.25, 0.3) is 0 Å². The van der Waals surface area contributed by atoms with Gasteiger partial charge in [-0.15, -0.1) is 0 Å². The first-order valence-corrected chi connectivity index (χ1v) is 12.1. The van der Waals surface area contributed by atoms with Gasteiger partial charge in [0.15, 0.2) is 0 Å². The van der Waals surface area contributed by atoms with Gasteiger partial charge >= 0.3 is 0 Å². The molecular weight excluding hydrogens is 414 g/mol. The van der Waals surface area contributed by atoms with E-state index in [9.17, 15) is 8.42 Å². The Morgan fingerprint density at radius 3 is 2.46 bits per heavy atom. The molecule has 0 aliphatic rings. The number of rotatable bonds is 13. The van der Waals surface area contributed by atoms with E-state index in [1.165, 1.54) is 19.3 Å². The van der Waals surface area contributed by atoms with Crippen LogP contribution in [0.1, 0.15) is 57.4 Å². The second-order valence-electron chi connectivity index (χ2n) is 6.12. The van der Waals surface area contributed by atoms with Crippen LogP contribution in [-0.2, 0) is 14.8 Å². The van der Waals surface area contributed by atoms with Crippen molar-refractivity contribution in [3.8, 4) is 11.8 Å². The topological polar surface area (TPSA) is 55.4 Å². The van der Waals surface area contributed by atoms with Crippen LogP contribution >= 0.6 is 15.9 Å². The Balaban J connectivity index is 2.25. The molecule has 0 radical (unpaired) electrons. The summed E-state index contributed by atoms with van der Waals surface area (Å²) in [5.41, 5.74) is 1.45. The predicted octanol–water partition coefficient (Wildman–Crippen LogP) is 4.94. The molecule has 4 nitrogen and oxygen atoms in total. The van der Waals surface area contributed by atoms with Crippen molar-refractivity contribution in [2.45, 2.75) is 51.9 Å². The van der Waals surface area contributed by atoms with Gasteiger partial charge in [0.05, 0.1) is 12.4 Å². The summed E-state index contributed by atoms with van der Waals surface area (Å²) in [4.78, 5) is 0. The van der Waals surface area contributed by atoms with Gasteiger partial charge in [0.2, 0.25) is 10.0 Å². The van der Waals surface area contributed by atoms with Crippen LogP contribution in [0.25, 0.3) is 0 Å². The molecule has 0 aromatic heterocycles. The summed E-state index contributed by atoms with van der Waals surface area (Å²) in [5, 5.41) is 1.08. The number of unbranched alkanes of at least 4 members (excludes halogenated alkanes) is 4. The molecule has 0 amide bonds. The molecule has 0 spiro atoms. The number of nitrogens with one attached hydrogen (secondary N) is 1. The predicted molar refractivity (Wildman–Crippen MR) is 113 cm³/mol. The number of anilines is 1. The van der Waals surface area contributed by atoms with E-state index in [4.69, 9.17) is 4.74 Å². The van der Waals surface area contributed by atoms with E-state index in [2.05, 4.69) is 32.5 Å². The molecule has 0 saturated carbocycles. The molecule has 146 valence electrons. The van der Waals surface area contributed by atoms with E-state index in [1.807, 2.05) is 19.1 Å². The van der Waals surface area contributed by atoms with Gasteiger partial charge in [-0.2, -0.15) is 0 Å². The molecule has 6 heteroatoms. The molecule has 1 aromatic carbocycles. The molecule has 1 rings (SSSR count). The molecule has 0 aliphatic heterocycles. The van der Waals surface area contributed by atoms with Crippen molar-refractivity contribution < 1.29 is 13.2 Å². The average molecular weight is 444 g/mol. The Kier molecular flexibility index (Phi) is 12.5. The number of hydrogen-bond acceptors (Lipinski definition) is 3. The van der Waals surface area contributed by atoms with Crippen LogP contribution < -0.4 is 4.72 Å². The fourth-order valence-corrected chi connectivity index (χ4v) is 3.89. The van der Waals surface area contributed by atoms with Crippen LogP contribution in [0.2, 0.25) is 0 Å². The van der Waals surface area contributed by atoms with Crippen LogP contribution in [-0.4, -0.2) is 32.7 Å². The summed E-state index contributed by atoms with van der Waals surface area (Å²) < 4.78 is 31.9. The number of halogens is 1. The highest BCUT2D eigenvalue weighted by Gasteiger charge is 2.08. The molecule has 0 atom stereocenters. The monoisotopic (exact) mass is 443 g/mol. The Morgan fingerprint density at radius 2 is 1.77 bits per heavy atom. The van der Waals surface area contributed by atoms with Crippen molar-refractivity contribution in [2.24, 2.45) is 0 Å². The van der Waals surface area contributed by atoms with Gasteiger partial charge in [0.1, 0.15) is 0 Å². The van der Waals surface area contributed by atoms with Crippen LogP contribution in [0.5, 0.6) is 0 Å². The van der Waals surface area contributed by atoms with E-state index in [0.29, 0.717) is 25.1 Å². The van der Waals surface area contributed by atoms with E-state index < -0.39 is 10.0 Å². The summed E-state index contributed by atoms with van der Waals surface area (Å²) in [7, 11) is -3.25. The minimum absolute atomic E-state index is 0.154. The SMILES string of the molecule is CCCCS(=O)(=O)Nc1ccc(C#CCCOCCCCCCBr)cc1. The second kappa shape index (κ2) is 14.1. The first kappa shape index (κ1) is 23.0. The summed E-state index contributed by atoms with van der Waals surface area (Å²) in [6.45, 7) is 3.43. The number of benzene rings is 1. The van der Waals surface area contributed by atoms with Crippen molar-refractivity contribution in [3.05, 3.63) is 29.8 Å². The lowest BCUT2D eigenvalue weighted by molar-refractivity contribution is 0.135. The molecule has 26 heavy (non-hydrogen) atoms. The van der Waals surface area contributed by atoms with Crippen molar-refractivity contribution in [2.75, 3.05) is 29.0 Å². The van der Waals surface area contributed by atoms with Gasteiger partial charge in [-0.05, 0) is 43.5 Å². The van der Waals surface area contributed by atoms with E-state index >= 15 is 0 Å². The Labute approximate surface area is 167 Å². The maximum Gasteiger partial charge on any atom is 0.232 e. The maximum absolute atomic E-state index is 11.9. The van der Waals surface area contributed by atoms with E-state index in [1.54, 1.807) is 12.1 Å². The minimum Gasteiger partial charge on any atom is -0.380 e. The van der Waals surface area contributed by atoms with Crippen molar-refractivity contribution in [1.29, 1.82) is 0 Å².